The van der Waals surface area contributed by atoms with E-state index >= 15 is 0 Å². The molecule has 0 atom stereocenters. The zero-order chi connectivity index (χ0) is 22.2. The highest BCUT2D eigenvalue weighted by Gasteiger charge is 2.28. The number of carbonyl (C=O) groups excluding carboxylic acids is 2. The largest absolute Gasteiger partial charge is 0.365 e. The third-order valence-electron chi connectivity index (χ3n) is 5.19. The van der Waals surface area contributed by atoms with Gasteiger partial charge in [-0.3, -0.25) is 14.5 Å². The van der Waals surface area contributed by atoms with Crippen molar-refractivity contribution < 1.29 is 18.0 Å². The van der Waals surface area contributed by atoms with E-state index in [1.54, 1.807) is 0 Å². The molecule has 2 aromatic rings. The second-order valence-electron chi connectivity index (χ2n) is 7.65. The van der Waals surface area contributed by atoms with Crippen molar-refractivity contribution in [3.63, 3.8) is 0 Å². The summed E-state index contributed by atoms with van der Waals surface area (Å²) >= 11 is 1.37. The molecule has 3 rings (SSSR count). The topological polar surface area (TPSA) is 113 Å². The first-order valence-electron chi connectivity index (χ1n) is 9.54. The van der Waals surface area contributed by atoms with Crippen LogP contribution in [0.5, 0.6) is 0 Å². The van der Waals surface area contributed by atoms with Gasteiger partial charge < -0.3 is 11.1 Å². The molecule has 1 aliphatic heterocycles. The summed E-state index contributed by atoms with van der Waals surface area (Å²) in [5, 5.41) is 3.23. The van der Waals surface area contributed by atoms with Gasteiger partial charge in [-0.15, -0.1) is 23.7 Å². The number of hydrogen-bond donors (Lipinski definition) is 2. The standard InChI is InChI=1S/C20H26N4O4S2.ClH/c1-12(2)24-10-9-15-16(11-24)29-20(17(15)18(21)25)22-19(26)13-5-7-14(8-6-13)30(27,28)23(3)4;/h5-8,12H,9-11H2,1-4H3,(H2,21,25)(H,22,26);1H. The summed E-state index contributed by atoms with van der Waals surface area (Å²) in [6.45, 7) is 5.79. The van der Waals surface area contributed by atoms with E-state index in [-0.39, 0.29) is 17.3 Å². The number of halogens is 1. The predicted molar refractivity (Wildman–Crippen MR) is 125 cm³/mol. The number of fused-ring (bicyclic) bond motifs is 1. The molecule has 11 heteroatoms. The average Bonchev–Trinajstić information content (AvgIpc) is 3.04. The molecule has 2 heterocycles. The molecule has 0 radical (unpaired) electrons. The Kier molecular flexibility index (Phi) is 7.88. The number of nitrogens with one attached hydrogen (secondary N) is 1. The average molecular weight is 487 g/mol. The lowest BCUT2D eigenvalue weighted by Gasteiger charge is -2.30. The Morgan fingerprint density at radius 1 is 1.19 bits per heavy atom. The minimum atomic E-state index is -3.57. The number of rotatable bonds is 6. The number of carbonyl (C=O) groups is 2. The molecule has 0 fully saturated rings. The fourth-order valence-corrected chi connectivity index (χ4v) is 5.55. The van der Waals surface area contributed by atoms with Gasteiger partial charge in [-0.2, -0.15) is 0 Å². The first kappa shape index (κ1) is 25.3. The van der Waals surface area contributed by atoms with Gasteiger partial charge in [0.15, 0.2) is 0 Å². The van der Waals surface area contributed by atoms with Crippen LogP contribution in [0.3, 0.4) is 0 Å². The summed E-state index contributed by atoms with van der Waals surface area (Å²) in [6.07, 6.45) is 0.704. The van der Waals surface area contributed by atoms with Gasteiger partial charge >= 0.3 is 0 Å². The normalized spacial score (nSPS) is 14.3. The van der Waals surface area contributed by atoms with Crippen LogP contribution in [-0.4, -0.2) is 56.1 Å². The van der Waals surface area contributed by atoms with E-state index < -0.39 is 21.8 Å². The number of amides is 2. The highest BCUT2D eigenvalue weighted by molar-refractivity contribution is 7.89. The number of sulfonamides is 1. The molecule has 0 unspecified atom stereocenters. The minimum Gasteiger partial charge on any atom is -0.365 e. The number of thiophene rings is 1. The minimum absolute atomic E-state index is 0. The molecule has 0 bridgehead atoms. The SMILES string of the molecule is CC(C)N1CCc2c(sc(NC(=O)c3ccc(S(=O)(=O)N(C)C)cc3)c2C(N)=O)C1.Cl. The van der Waals surface area contributed by atoms with Crippen LogP contribution in [0.1, 0.15) is 45.0 Å². The first-order chi connectivity index (χ1) is 14.0. The molecule has 1 aromatic carbocycles. The fraction of sp³-hybridized carbons (Fsp3) is 0.400. The summed E-state index contributed by atoms with van der Waals surface area (Å²) in [7, 11) is -0.683. The first-order valence-corrected chi connectivity index (χ1v) is 11.8. The van der Waals surface area contributed by atoms with Gasteiger partial charge in [-0.05, 0) is 50.1 Å². The number of nitrogens with two attached hydrogens (primary N) is 1. The summed E-state index contributed by atoms with van der Waals surface area (Å²) in [5.74, 6) is -0.987. The Morgan fingerprint density at radius 2 is 1.81 bits per heavy atom. The Balaban J connectivity index is 0.00000341. The summed E-state index contributed by atoms with van der Waals surface area (Å²) in [4.78, 5) is 28.3. The number of primary amides is 1. The fourth-order valence-electron chi connectivity index (χ4n) is 3.38. The maximum Gasteiger partial charge on any atom is 0.256 e. The van der Waals surface area contributed by atoms with E-state index in [1.807, 2.05) is 0 Å². The van der Waals surface area contributed by atoms with Crippen LogP contribution in [0.2, 0.25) is 0 Å². The van der Waals surface area contributed by atoms with Gasteiger partial charge in [0.1, 0.15) is 5.00 Å². The summed E-state index contributed by atoms with van der Waals surface area (Å²) < 4.78 is 25.5. The van der Waals surface area contributed by atoms with Crippen molar-refractivity contribution in [1.29, 1.82) is 0 Å². The summed E-state index contributed by atoms with van der Waals surface area (Å²) in [6, 6.07) is 6.05. The van der Waals surface area contributed by atoms with Crippen LogP contribution < -0.4 is 11.1 Å². The van der Waals surface area contributed by atoms with Crippen LogP contribution in [0.4, 0.5) is 5.00 Å². The van der Waals surface area contributed by atoms with E-state index in [9.17, 15) is 18.0 Å². The predicted octanol–water partition coefficient (Wildman–Crippen LogP) is 2.54. The second kappa shape index (κ2) is 9.66. The number of nitrogens with zero attached hydrogens (tertiary/aromatic N) is 2. The number of anilines is 1. The van der Waals surface area contributed by atoms with Crippen LogP contribution >= 0.6 is 23.7 Å². The molecular formula is C20H27ClN4O4S2. The molecule has 0 spiro atoms. The lowest BCUT2D eigenvalue weighted by molar-refractivity contribution is 0.0999. The Morgan fingerprint density at radius 3 is 2.32 bits per heavy atom. The monoisotopic (exact) mass is 486 g/mol. The zero-order valence-electron chi connectivity index (χ0n) is 17.8. The van der Waals surface area contributed by atoms with Crippen LogP contribution in [0.25, 0.3) is 0 Å². The quantitative estimate of drug-likeness (QED) is 0.651. The molecule has 1 aliphatic rings. The lowest BCUT2D eigenvalue weighted by Crippen LogP contribution is -2.35. The van der Waals surface area contributed by atoms with E-state index in [1.165, 1.54) is 49.7 Å². The van der Waals surface area contributed by atoms with Crippen molar-refractivity contribution in [2.45, 2.75) is 37.8 Å². The highest BCUT2D eigenvalue weighted by atomic mass is 35.5. The molecule has 170 valence electrons. The molecule has 0 saturated carbocycles. The zero-order valence-corrected chi connectivity index (χ0v) is 20.3. The summed E-state index contributed by atoms with van der Waals surface area (Å²) in [5.41, 5.74) is 7.19. The molecular weight excluding hydrogens is 460 g/mol. The second-order valence-corrected chi connectivity index (χ2v) is 10.9. The van der Waals surface area contributed by atoms with Crippen molar-refractivity contribution >= 4 is 50.6 Å². The maximum atomic E-state index is 12.7. The molecule has 31 heavy (non-hydrogen) atoms. The van der Waals surface area contributed by atoms with E-state index in [0.29, 0.717) is 35.1 Å². The van der Waals surface area contributed by atoms with Gasteiger partial charge in [-0.25, -0.2) is 12.7 Å². The number of benzene rings is 1. The van der Waals surface area contributed by atoms with Crippen molar-refractivity contribution in [1.82, 2.24) is 9.21 Å². The highest BCUT2D eigenvalue weighted by Crippen LogP contribution is 2.37. The smallest absolute Gasteiger partial charge is 0.256 e. The molecule has 0 saturated heterocycles. The van der Waals surface area contributed by atoms with Gasteiger partial charge in [0.05, 0.1) is 10.5 Å². The third kappa shape index (κ3) is 5.09. The maximum absolute atomic E-state index is 12.7. The van der Waals surface area contributed by atoms with Gasteiger partial charge in [0.25, 0.3) is 11.8 Å². The van der Waals surface area contributed by atoms with Gasteiger partial charge in [0.2, 0.25) is 10.0 Å². The van der Waals surface area contributed by atoms with Gasteiger partial charge in [0, 0.05) is 43.7 Å². The van der Waals surface area contributed by atoms with Crippen molar-refractivity contribution in [2.75, 3.05) is 26.0 Å². The van der Waals surface area contributed by atoms with E-state index in [4.69, 9.17) is 5.73 Å². The van der Waals surface area contributed by atoms with Crippen LogP contribution in [0, 0.1) is 0 Å². The van der Waals surface area contributed by atoms with E-state index in [0.717, 1.165) is 21.3 Å². The molecule has 1 aromatic heterocycles. The molecule has 2 amide bonds. The lowest BCUT2D eigenvalue weighted by atomic mass is 10.0. The van der Waals surface area contributed by atoms with Crippen LogP contribution in [-0.2, 0) is 23.0 Å². The Bertz CT molecular complexity index is 1080. The Hall–Kier alpha value is -1.98. The molecule has 3 N–H and O–H groups in total. The van der Waals surface area contributed by atoms with Crippen LogP contribution in [0.15, 0.2) is 29.2 Å². The molecule has 8 nitrogen and oxygen atoms in total. The Labute approximate surface area is 192 Å². The van der Waals surface area contributed by atoms with Crippen molar-refractivity contribution in [3.05, 3.63) is 45.8 Å². The van der Waals surface area contributed by atoms with E-state index in [2.05, 4.69) is 24.1 Å². The third-order valence-corrected chi connectivity index (χ3v) is 8.15. The van der Waals surface area contributed by atoms with Gasteiger partial charge in [-0.1, -0.05) is 0 Å². The number of hydrogen-bond acceptors (Lipinski definition) is 6. The molecule has 0 aliphatic carbocycles. The van der Waals surface area contributed by atoms with Crippen molar-refractivity contribution in [3.8, 4) is 0 Å². The van der Waals surface area contributed by atoms with Crippen molar-refractivity contribution in [2.24, 2.45) is 5.73 Å².